The molecule has 0 saturated heterocycles. The van der Waals surface area contributed by atoms with Crippen molar-refractivity contribution in [2.45, 2.75) is 27.7 Å². The fourth-order valence-corrected chi connectivity index (χ4v) is 10.4. The lowest BCUT2D eigenvalue weighted by molar-refractivity contribution is 1.11. The first-order valence-electron chi connectivity index (χ1n) is 23.1. The SMILES string of the molecule is Cc1ccc(-c2ccc3c(c2)c2ccccc2n3-c2cc(-c3nc(-c4ccccc4)cc(-c4ccccc4)n3)c(-n3c4ccccc4c4cc(-c5ccc(C)cc5C)ccc43)cc2C#N)c(C)c1. The first kappa shape index (κ1) is 40.6. The summed E-state index contributed by atoms with van der Waals surface area (Å²) in [6.45, 7) is 8.63. The van der Waals surface area contributed by atoms with Gasteiger partial charge in [0.25, 0.3) is 0 Å². The third-order valence-electron chi connectivity index (χ3n) is 13.6. The van der Waals surface area contributed by atoms with E-state index in [4.69, 9.17) is 9.97 Å². The number of para-hydroxylation sites is 2. The number of benzene rings is 9. The lowest BCUT2D eigenvalue weighted by atomic mass is 9.97. The topological polar surface area (TPSA) is 59.4 Å². The predicted molar refractivity (Wildman–Crippen MR) is 282 cm³/mol. The van der Waals surface area contributed by atoms with Crippen LogP contribution in [0.5, 0.6) is 0 Å². The van der Waals surface area contributed by atoms with Gasteiger partial charge in [0.15, 0.2) is 5.82 Å². The lowest BCUT2D eigenvalue weighted by Gasteiger charge is -2.19. The van der Waals surface area contributed by atoms with E-state index in [0.29, 0.717) is 11.4 Å². The molecule has 9 aromatic carbocycles. The van der Waals surface area contributed by atoms with E-state index >= 15 is 0 Å². The number of aryl methyl sites for hydroxylation is 4. The normalized spacial score (nSPS) is 11.5. The average molecular weight is 872 g/mol. The van der Waals surface area contributed by atoms with Crippen LogP contribution in [0.3, 0.4) is 0 Å². The Bertz CT molecular complexity index is 3960. The van der Waals surface area contributed by atoms with Gasteiger partial charge in [-0.05, 0) is 116 Å². The zero-order valence-corrected chi connectivity index (χ0v) is 38.3. The largest absolute Gasteiger partial charge is 0.308 e. The smallest absolute Gasteiger partial charge is 0.162 e. The average Bonchev–Trinajstić information content (AvgIpc) is 3.88. The highest BCUT2D eigenvalue weighted by molar-refractivity contribution is 6.12. The fourth-order valence-electron chi connectivity index (χ4n) is 10.4. The molecule has 0 unspecified atom stereocenters. The monoisotopic (exact) mass is 871 g/mol. The molecule has 68 heavy (non-hydrogen) atoms. The standard InChI is InChI=1S/C63H45N5/c1-39-23-27-48(41(3)31-39)45-25-29-59-52(33-45)50-19-11-13-21-57(50)67(59)61-36-54(63-65-55(43-15-7-5-8-16-43)37-56(66-63)44-17-9-6-10-18-44)62(35-47(61)38-64)68-58-22-14-12-20-51(58)53-34-46(26-30-60(53)68)49-28-24-40(2)32-42(49)4/h5-37H,1-4H3. The van der Waals surface area contributed by atoms with E-state index in [-0.39, 0.29) is 0 Å². The summed E-state index contributed by atoms with van der Waals surface area (Å²) in [4.78, 5) is 10.9. The molecule has 0 spiro atoms. The Labute approximate surface area is 395 Å². The molecule has 5 heteroatoms. The van der Waals surface area contributed by atoms with Crippen LogP contribution in [0.1, 0.15) is 27.8 Å². The van der Waals surface area contributed by atoms with Crippen molar-refractivity contribution in [1.29, 1.82) is 5.26 Å². The second-order valence-corrected chi connectivity index (χ2v) is 18.0. The molecule has 0 fully saturated rings. The van der Waals surface area contributed by atoms with Gasteiger partial charge in [-0.2, -0.15) is 5.26 Å². The van der Waals surface area contributed by atoms with E-state index in [1.165, 1.54) is 33.4 Å². The van der Waals surface area contributed by atoms with Crippen molar-refractivity contribution in [3.8, 4) is 73.6 Å². The van der Waals surface area contributed by atoms with Crippen molar-refractivity contribution < 1.29 is 0 Å². The second kappa shape index (κ2) is 16.2. The number of fused-ring (bicyclic) bond motifs is 6. The first-order valence-corrected chi connectivity index (χ1v) is 23.1. The van der Waals surface area contributed by atoms with Gasteiger partial charge in [-0.1, -0.05) is 157 Å². The van der Waals surface area contributed by atoms with Crippen molar-refractivity contribution in [3.63, 3.8) is 0 Å². The van der Waals surface area contributed by atoms with Crippen LogP contribution in [0.15, 0.2) is 200 Å². The molecule has 0 aliphatic heterocycles. The van der Waals surface area contributed by atoms with E-state index in [2.05, 4.69) is 207 Å². The number of nitriles is 1. The van der Waals surface area contributed by atoms with Gasteiger partial charge in [0.1, 0.15) is 6.07 Å². The molecular weight excluding hydrogens is 827 g/mol. The van der Waals surface area contributed by atoms with Gasteiger partial charge < -0.3 is 9.13 Å². The van der Waals surface area contributed by atoms with Crippen molar-refractivity contribution in [1.82, 2.24) is 19.1 Å². The van der Waals surface area contributed by atoms with Crippen molar-refractivity contribution in [3.05, 3.63) is 228 Å². The van der Waals surface area contributed by atoms with Gasteiger partial charge in [-0.3, -0.25) is 0 Å². The summed E-state index contributed by atoms with van der Waals surface area (Å²) < 4.78 is 4.56. The Morgan fingerprint density at radius 2 is 0.824 bits per heavy atom. The van der Waals surface area contributed by atoms with Gasteiger partial charge in [-0.25, -0.2) is 9.97 Å². The minimum Gasteiger partial charge on any atom is -0.308 e. The van der Waals surface area contributed by atoms with Crippen molar-refractivity contribution in [2.75, 3.05) is 0 Å². The molecule has 5 nitrogen and oxygen atoms in total. The van der Waals surface area contributed by atoms with Gasteiger partial charge >= 0.3 is 0 Å². The molecule has 3 heterocycles. The molecule has 0 atom stereocenters. The Kier molecular flexibility index (Phi) is 9.71. The minimum absolute atomic E-state index is 0.533. The number of rotatable bonds is 7. The van der Waals surface area contributed by atoms with Crippen LogP contribution in [0, 0.1) is 39.0 Å². The summed E-state index contributed by atoms with van der Waals surface area (Å²) in [5.41, 5.74) is 20.2. The molecule has 3 aromatic heterocycles. The zero-order valence-electron chi connectivity index (χ0n) is 38.3. The van der Waals surface area contributed by atoms with Crippen molar-refractivity contribution in [2.24, 2.45) is 0 Å². The van der Waals surface area contributed by atoms with Crippen molar-refractivity contribution >= 4 is 43.6 Å². The number of aromatic nitrogens is 4. The van der Waals surface area contributed by atoms with Gasteiger partial charge in [0.05, 0.1) is 50.4 Å². The molecule has 322 valence electrons. The summed E-state index contributed by atoms with van der Waals surface area (Å²) in [7, 11) is 0. The molecule has 0 aliphatic carbocycles. The maximum absolute atomic E-state index is 11.4. The van der Waals surface area contributed by atoms with Crippen LogP contribution < -0.4 is 0 Å². The molecule has 12 aromatic rings. The maximum Gasteiger partial charge on any atom is 0.162 e. The van der Waals surface area contributed by atoms with Gasteiger partial charge in [0.2, 0.25) is 0 Å². The molecule has 0 saturated carbocycles. The molecule has 0 aliphatic rings. The second-order valence-electron chi connectivity index (χ2n) is 18.0. The Morgan fingerprint density at radius 3 is 1.31 bits per heavy atom. The summed E-state index contributed by atoms with van der Waals surface area (Å²) in [6.07, 6.45) is 0. The highest BCUT2D eigenvalue weighted by Gasteiger charge is 2.24. The Balaban J connectivity index is 1.17. The first-order chi connectivity index (χ1) is 33.3. The molecular formula is C63H45N5. The molecule has 0 radical (unpaired) electrons. The third kappa shape index (κ3) is 6.77. The van der Waals surface area contributed by atoms with Crippen LogP contribution in [0.25, 0.3) is 111 Å². The minimum atomic E-state index is 0.533. The van der Waals surface area contributed by atoms with Crippen LogP contribution in [-0.4, -0.2) is 19.1 Å². The quantitative estimate of drug-likeness (QED) is 0.160. The van der Waals surface area contributed by atoms with E-state index in [1.807, 2.05) is 36.4 Å². The zero-order chi connectivity index (χ0) is 46.0. The summed E-state index contributed by atoms with van der Waals surface area (Å²) >= 11 is 0. The highest BCUT2D eigenvalue weighted by atomic mass is 15.0. The Hall–Kier alpha value is -8.85. The fraction of sp³-hybridized carbons (Fsp3) is 0.0635. The number of nitrogens with zero attached hydrogens (tertiary/aromatic N) is 5. The van der Waals surface area contributed by atoms with E-state index in [0.717, 1.165) is 94.2 Å². The summed E-state index contributed by atoms with van der Waals surface area (Å²) in [5.74, 6) is 0.557. The van der Waals surface area contributed by atoms with Gasteiger partial charge in [0, 0.05) is 38.2 Å². The van der Waals surface area contributed by atoms with E-state index < -0.39 is 0 Å². The van der Waals surface area contributed by atoms with Crippen LogP contribution in [0.2, 0.25) is 0 Å². The molecule has 0 amide bonds. The van der Waals surface area contributed by atoms with Gasteiger partial charge in [-0.15, -0.1) is 0 Å². The summed E-state index contributed by atoms with van der Waals surface area (Å²) in [6, 6.07) is 73.4. The maximum atomic E-state index is 11.4. The number of hydrogen-bond acceptors (Lipinski definition) is 3. The third-order valence-corrected chi connectivity index (χ3v) is 13.6. The molecule has 12 rings (SSSR count). The highest BCUT2D eigenvalue weighted by Crippen LogP contribution is 2.43. The van der Waals surface area contributed by atoms with E-state index in [1.54, 1.807) is 0 Å². The predicted octanol–water partition coefficient (Wildman–Crippen LogP) is 16.1. The summed E-state index contributed by atoms with van der Waals surface area (Å²) in [5, 5.41) is 15.9. The lowest BCUT2D eigenvalue weighted by Crippen LogP contribution is -2.06. The van der Waals surface area contributed by atoms with Crippen LogP contribution in [-0.2, 0) is 0 Å². The van der Waals surface area contributed by atoms with Crippen LogP contribution >= 0.6 is 0 Å². The number of hydrogen-bond donors (Lipinski definition) is 0. The molecule has 0 bridgehead atoms. The van der Waals surface area contributed by atoms with E-state index in [9.17, 15) is 5.26 Å². The Morgan fingerprint density at radius 1 is 0.368 bits per heavy atom. The van der Waals surface area contributed by atoms with Crippen LogP contribution in [0.4, 0.5) is 0 Å². The molecule has 0 N–H and O–H groups in total.